The van der Waals surface area contributed by atoms with Crippen molar-refractivity contribution < 1.29 is 9.53 Å². The Kier molecular flexibility index (Phi) is 4.59. The van der Waals surface area contributed by atoms with Crippen LogP contribution in [-0.4, -0.2) is 46.0 Å². The molecule has 1 aliphatic rings. The number of rotatable bonds is 5. The Morgan fingerprint density at radius 3 is 3.09 bits per heavy atom. The van der Waals surface area contributed by atoms with E-state index < -0.39 is 0 Å². The Hall–Kier alpha value is -2.06. The predicted molar refractivity (Wildman–Crippen MR) is 83.0 cm³/mol. The van der Waals surface area contributed by atoms with Gasteiger partial charge in [0.25, 0.3) is 0 Å². The van der Waals surface area contributed by atoms with Crippen molar-refractivity contribution in [3.8, 4) is 0 Å². The van der Waals surface area contributed by atoms with Gasteiger partial charge in [-0.15, -0.1) is 11.3 Å². The van der Waals surface area contributed by atoms with Gasteiger partial charge in [0.05, 0.1) is 11.7 Å². The summed E-state index contributed by atoms with van der Waals surface area (Å²) in [5, 5.41) is 5.78. The number of aromatic nitrogens is 3. The zero-order chi connectivity index (χ0) is 15.4. The molecule has 3 heterocycles. The van der Waals surface area contributed by atoms with Crippen LogP contribution in [0, 0.1) is 0 Å². The topological polar surface area (TPSA) is 80.2 Å². The number of carbonyl (C=O) groups is 1. The largest absolute Gasteiger partial charge is 0.375 e. The summed E-state index contributed by atoms with van der Waals surface area (Å²) < 4.78 is 4.95. The van der Waals surface area contributed by atoms with Crippen LogP contribution in [0.15, 0.2) is 23.8 Å². The van der Waals surface area contributed by atoms with Gasteiger partial charge >= 0.3 is 0 Å². The molecular weight excluding hydrogens is 302 g/mol. The van der Waals surface area contributed by atoms with Crippen LogP contribution in [0.1, 0.15) is 24.6 Å². The summed E-state index contributed by atoms with van der Waals surface area (Å²) in [4.78, 5) is 26.7. The molecule has 0 aromatic carbocycles. The van der Waals surface area contributed by atoms with Gasteiger partial charge in [-0.2, -0.15) is 0 Å². The van der Waals surface area contributed by atoms with Gasteiger partial charge in [-0.1, -0.05) is 0 Å². The van der Waals surface area contributed by atoms with E-state index in [2.05, 4.69) is 20.3 Å². The lowest BCUT2D eigenvalue weighted by molar-refractivity contribution is -0.136. The molecule has 7 nitrogen and oxygen atoms in total. The fourth-order valence-electron chi connectivity index (χ4n) is 2.54. The second-order valence-electron chi connectivity index (χ2n) is 4.95. The summed E-state index contributed by atoms with van der Waals surface area (Å²) in [5.41, 5.74) is 0.908. The van der Waals surface area contributed by atoms with Crippen LogP contribution < -0.4 is 5.32 Å². The van der Waals surface area contributed by atoms with Crippen molar-refractivity contribution in [3.63, 3.8) is 0 Å². The molecule has 3 rings (SSSR count). The summed E-state index contributed by atoms with van der Waals surface area (Å²) in [6.07, 6.45) is 5.26. The SMILES string of the molecule is COCC(=O)N1CCCC1c1csc(Nc2ncccn2)n1. The van der Waals surface area contributed by atoms with E-state index in [0.29, 0.717) is 5.95 Å². The Labute approximate surface area is 132 Å². The highest BCUT2D eigenvalue weighted by Gasteiger charge is 2.31. The first-order valence-electron chi connectivity index (χ1n) is 7.06. The Morgan fingerprint density at radius 1 is 1.50 bits per heavy atom. The first kappa shape index (κ1) is 14.9. The third kappa shape index (κ3) is 3.23. The van der Waals surface area contributed by atoms with Crippen molar-refractivity contribution in [2.45, 2.75) is 18.9 Å². The molecule has 22 heavy (non-hydrogen) atoms. The molecule has 116 valence electrons. The van der Waals surface area contributed by atoms with Gasteiger partial charge in [0.15, 0.2) is 5.13 Å². The van der Waals surface area contributed by atoms with Crippen molar-refractivity contribution in [2.24, 2.45) is 0 Å². The molecule has 0 bridgehead atoms. The Morgan fingerprint density at radius 2 is 2.32 bits per heavy atom. The van der Waals surface area contributed by atoms with Crippen LogP contribution in [0.2, 0.25) is 0 Å². The average Bonchev–Trinajstić information content (AvgIpc) is 3.17. The number of nitrogens with zero attached hydrogens (tertiary/aromatic N) is 4. The summed E-state index contributed by atoms with van der Waals surface area (Å²) in [5.74, 6) is 0.529. The molecule has 1 unspecified atom stereocenters. The second kappa shape index (κ2) is 6.80. The molecule has 0 spiro atoms. The number of hydrogen-bond donors (Lipinski definition) is 1. The third-order valence-electron chi connectivity index (χ3n) is 3.49. The molecule has 1 aliphatic heterocycles. The van der Waals surface area contributed by atoms with Crippen LogP contribution in [0.5, 0.6) is 0 Å². The van der Waals surface area contributed by atoms with Crippen LogP contribution in [0.3, 0.4) is 0 Å². The van der Waals surface area contributed by atoms with Gasteiger partial charge in [-0.05, 0) is 18.9 Å². The number of likely N-dealkylation sites (tertiary alicyclic amines) is 1. The fraction of sp³-hybridized carbons (Fsp3) is 0.429. The van der Waals surface area contributed by atoms with Crippen molar-refractivity contribution >= 4 is 28.3 Å². The minimum Gasteiger partial charge on any atom is -0.375 e. The summed E-state index contributed by atoms with van der Waals surface area (Å²) in [6.45, 7) is 0.874. The number of hydrogen-bond acceptors (Lipinski definition) is 7. The highest BCUT2D eigenvalue weighted by atomic mass is 32.1. The van der Waals surface area contributed by atoms with E-state index in [1.165, 1.54) is 18.4 Å². The number of methoxy groups -OCH3 is 1. The van der Waals surface area contributed by atoms with Gasteiger partial charge in [0.2, 0.25) is 11.9 Å². The Balaban J connectivity index is 1.71. The van der Waals surface area contributed by atoms with E-state index in [0.717, 1.165) is 30.2 Å². The number of nitrogens with one attached hydrogen (secondary N) is 1. The molecule has 1 N–H and O–H groups in total. The molecule has 2 aromatic rings. The van der Waals surface area contributed by atoms with Crippen LogP contribution in [0.25, 0.3) is 0 Å². The average molecular weight is 319 g/mol. The monoisotopic (exact) mass is 319 g/mol. The van der Waals surface area contributed by atoms with Crippen LogP contribution in [-0.2, 0) is 9.53 Å². The first-order valence-corrected chi connectivity index (χ1v) is 7.94. The fourth-order valence-corrected chi connectivity index (χ4v) is 3.29. The molecule has 0 radical (unpaired) electrons. The van der Waals surface area contributed by atoms with E-state index >= 15 is 0 Å². The zero-order valence-electron chi connectivity index (χ0n) is 12.2. The molecule has 1 saturated heterocycles. The van der Waals surface area contributed by atoms with Crippen molar-refractivity contribution in [1.29, 1.82) is 0 Å². The van der Waals surface area contributed by atoms with E-state index in [1.54, 1.807) is 18.5 Å². The highest BCUT2D eigenvalue weighted by molar-refractivity contribution is 7.13. The summed E-state index contributed by atoms with van der Waals surface area (Å²) in [7, 11) is 1.54. The minimum atomic E-state index is 0.0129. The standard InChI is InChI=1S/C14H17N5O2S/c1-21-8-12(20)19-7-2-4-11(19)10-9-22-14(17-10)18-13-15-5-3-6-16-13/h3,5-6,9,11H,2,4,7-8H2,1H3,(H,15,16,17,18). The second-order valence-corrected chi connectivity index (χ2v) is 5.81. The molecule has 0 aliphatic carbocycles. The number of ether oxygens (including phenoxy) is 1. The number of carbonyl (C=O) groups excluding carboxylic acids is 1. The number of amides is 1. The lowest BCUT2D eigenvalue weighted by Crippen LogP contribution is -2.33. The molecule has 1 fully saturated rings. The zero-order valence-corrected chi connectivity index (χ0v) is 13.0. The highest BCUT2D eigenvalue weighted by Crippen LogP contribution is 2.34. The van der Waals surface area contributed by atoms with Crippen molar-refractivity contribution in [3.05, 3.63) is 29.5 Å². The maximum atomic E-state index is 12.1. The van der Waals surface area contributed by atoms with Crippen molar-refractivity contribution in [2.75, 3.05) is 25.6 Å². The molecule has 1 amide bonds. The molecule has 8 heteroatoms. The summed E-state index contributed by atoms with van der Waals surface area (Å²) >= 11 is 1.49. The lowest BCUT2D eigenvalue weighted by Gasteiger charge is -2.22. The first-order chi connectivity index (χ1) is 10.8. The minimum absolute atomic E-state index is 0.0129. The van der Waals surface area contributed by atoms with Gasteiger partial charge in [-0.3, -0.25) is 4.79 Å². The molecular formula is C14H17N5O2S. The smallest absolute Gasteiger partial charge is 0.249 e. The van der Waals surface area contributed by atoms with E-state index in [9.17, 15) is 4.79 Å². The van der Waals surface area contributed by atoms with E-state index in [4.69, 9.17) is 4.74 Å². The van der Waals surface area contributed by atoms with Gasteiger partial charge in [0.1, 0.15) is 6.61 Å². The number of thiazole rings is 1. The molecule has 0 saturated carbocycles. The molecule has 2 aromatic heterocycles. The molecule has 1 atom stereocenters. The number of anilines is 2. The van der Waals surface area contributed by atoms with Crippen molar-refractivity contribution in [1.82, 2.24) is 19.9 Å². The maximum Gasteiger partial charge on any atom is 0.249 e. The van der Waals surface area contributed by atoms with Gasteiger partial charge in [-0.25, -0.2) is 15.0 Å². The van der Waals surface area contributed by atoms with Crippen LogP contribution >= 0.6 is 11.3 Å². The third-order valence-corrected chi connectivity index (χ3v) is 4.26. The van der Waals surface area contributed by atoms with E-state index in [1.807, 2.05) is 10.3 Å². The summed E-state index contributed by atoms with van der Waals surface area (Å²) in [6, 6.07) is 1.79. The quantitative estimate of drug-likeness (QED) is 0.908. The lowest BCUT2D eigenvalue weighted by atomic mass is 10.2. The normalized spacial score (nSPS) is 17.7. The Bertz CT molecular complexity index is 633. The van der Waals surface area contributed by atoms with E-state index in [-0.39, 0.29) is 18.6 Å². The van der Waals surface area contributed by atoms with Gasteiger partial charge in [0, 0.05) is 31.4 Å². The van der Waals surface area contributed by atoms with Crippen LogP contribution in [0.4, 0.5) is 11.1 Å². The maximum absolute atomic E-state index is 12.1. The predicted octanol–water partition coefficient (Wildman–Crippen LogP) is 1.99. The van der Waals surface area contributed by atoms with Gasteiger partial charge < -0.3 is 15.0 Å².